The SMILES string of the molecule is COCC1CCN(C(C)CCCN)C1. The number of nitrogens with zero attached hydrogens (tertiary/aromatic N) is 1. The van der Waals surface area contributed by atoms with Gasteiger partial charge in [0.15, 0.2) is 0 Å². The third-order valence-electron chi connectivity index (χ3n) is 3.17. The summed E-state index contributed by atoms with van der Waals surface area (Å²) in [6.07, 6.45) is 3.67. The van der Waals surface area contributed by atoms with Crippen molar-refractivity contribution in [2.24, 2.45) is 11.7 Å². The number of likely N-dealkylation sites (tertiary alicyclic amines) is 1. The number of rotatable bonds is 6. The molecule has 0 aliphatic carbocycles. The Bertz CT molecular complexity index is 152. The Morgan fingerprint density at radius 2 is 2.36 bits per heavy atom. The molecule has 1 fully saturated rings. The molecule has 2 unspecified atom stereocenters. The van der Waals surface area contributed by atoms with E-state index in [9.17, 15) is 0 Å². The Morgan fingerprint density at radius 3 is 3.00 bits per heavy atom. The highest BCUT2D eigenvalue weighted by molar-refractivity contribution is 4.79. The molecule has 1 aliphatic rings. The summed E-state index contributed by atoms with van der Waals surface area (Å²) in [4.78, 5) is 2.57. The van der Waals surface area contributed by atoms with E-state index >= 15 is 0 Å². The Balaban J connectivity index is 2.19. The van der Waals surface area contributed by atoms with Gasteiger partial charge in [0.1, 0.15) is 0 Å². The van der Waals surface area contributed by atoms with Crippen molar-refractivity contribution in [2.45, 2.75) is 32.2 Å². The van der Waals surface area contributed by atoms with E-state index in [4.69, 9.17) is 10.5 Å². The van der Waals surface area contributed by atoms with Crippen LogP contribution >= 0.6 is 0 Å². The average molecular weight is 200 g/mol. The minimum absolute atomic E-state index is 0.695. The highest BCUT2D eigenvalue weighted by Gasteiger charge is 2.25. The molecule has 3 heteroatoms. The van der Waals surface area contributed by atoms with Gasteiger partial charge in [-0.15, -0.1) is 0 Å². The normalized spacial score (nSPS) is 25.5. The summed E-state index contributed by atoms with van der Waals surface area (Å²) in [6.45, 7) is 6.49. The zero-order valence-corrected chi connectivity index (χ0v) is 9.54. The first-order chi connectivity index (χ1) is 6.77. The molecule has 2 N–H and O–H groups in total. The van der Waals surface area contributed by atoms with Gasteiger partial charge in [0, 0.05) is 19.7 Å². The summed E-state index contributed by atoms with van der Waals surface area (Å²) in [5.74, 6) is 0.750. The molecule has 0 aromatic carbocycles. The topological polar surface area (TPSA) is 38.5 Å². The molecule has 2 atom stereocenters. The average Bonchev–Trinajstić information content (AvgIpc) is 2.63. The van der Waals surface area contributed by atoms with Crippen LogP contribution in [0.3, 0.4) is 0 Å². The summed E-state index contributed by atoms with van der Waals surface area (Å²) in [5, 5.41) is 0. The highest BCUT2D eigenvalue weighted by atomic mass is 16.5. The lowest BCUT2D eigenvalue weighted by Crippen LogP contribution is -2.31. The number of methoxy groups -OCH3 is 1. The van der Waals surface area contributed by atoms with Gasteiger partial charge in [-0.2, -0.15) is 0 Å². The Kier molecular flexibility index (Phi) is 5.45. The lowest BCUT2D eigenvalue weighted by Gasteiger charge is -2.24. The molecule has 14 heavy (non-hydrogen) atoms. The molecule has 1 saturated heterocycles. The molecule has 3 nitrogen and oxygen atoms in total. The van der Waals surface area contributed by atoms with Crippen LogP contribution in [-0.2, 0) is 4.74 Å². The molecule has 0 spiro atoms. The maximum atomic E-state index is 5.51. The number of ether oxygens (including phenoxy) is 1. The molecule has 1 rings (SSSR count). The fraction of sp³-hybridized carbons (Fsp3) is 1.00. The summed E-state index contributed by atoms with van der Waals surface area (Å²) >= 11 is 0. The smallest absolute Gasteiger partial charge is 0.0503 e. The fourth-order valence-electron chi connectivity index (χ4n) is 2.23. The molecule has 0 aromatic heterocycles. The first kappa shape index (κ1) is 12.0. The minimum Gasteiger partial charge on any atom is -0.384 e. The largest absolute Gasteiger partial charge is 0.384 e. The van der Waals surface area contributed by atoms with E-state index in [1.807, 2.05) is 0 Å². The van der Waals surface area contributed by atoms with E-state index in [1.165, 1.54) is 25.9 Å². The maximum absolute atomic E-state index is 5.51. The van der Waals surface area contributed by atoms with Crippen LogP contribution in [0.4, 0.5) is 0 Å². The number of hydrogen-bond donors (Lipinski definition) is 1. The highest BCUT2D eigenvalue weighted by Crippen LogP contribution is 2.20. The zero-order valence-electron chi connectivity index (χ0n) is 9.54. The van der Waals surface area contributed by atoms with E-state index in [1.54, 1.807) is 7.11 Å². The molecule has 84 valence electrons. The monoisotopic (exact) mass is 200 g/mol. The van der Waals surface area contributed by atoms with Crippen molar-refractivity contribution in [3.63, 3.8) is 0 Å². The van der Waals surface area contributed by atoms with E-state index in [0.717, 1.165) is 25.5 Å². The van der Waals surface area contributed by atoms with Crippen molar-refractivity contribution in [3.05, 3.63) is 0 Å². The predicted octanol–water partition coefficient (Wildman–Crippen LogP) is 1.08. The van der Waals surface area contributed by atoms with Crippen LogP contribution in [0.2, 0.25) is 0 Å². The van der Waals surface area contributed by atoms with Crippen molar-refractivity contribution in [2.75, 3.05) is 33.4 Å². The van der Waals surface area contributed by atoms with Crippen LogP contribution in [0.1, 0.15) is 26.2 Å². The molecule has 1 heterocycles. The summed E-state index contributed by atoms with van der Waals surface area (Å²) < 4.78 is 5.19. The zero-order chi connectivity index (χ0) is 10.4. The van der Waals surface area contributed by atoms with Gasteiger partial charge in [-0.05, 0) is 45.2 Å². The van der Waals surface area contributed by atoms with E-state index in [0.29, 0.717) is 6.04 Å². The second-order valence-corrected chi connectivity index (χ2v) is 4.38. The molecule has 0 amide bonds. The molecule has 0 bridgehead atoms. The first-order valence-electron chi connectivity index (χ1n) is 5.71. The molecule has 1 aliphatic heterocycles. The van der Waals surface area contributed by atoms with Crippen molar-refractivity contribution in [1.82, 2.24) is 4.90 Å². The second kappa shape index (κ2) is 6.38. The van der Waals surface area contributed by atoms with Crippen LogP contribution in [0.25, 0.3) is 0 Å². The summed E-state index contributed by atoms with van der Waals surface area (Å²) in [7, 11) is 1.79. The van der Waals surface area contributed by atoms with Crippen LogP contribution < -0.4 is 5.73 Å². The first-order valence-corrected chi connectivity index (χ1v) is 5.71. The number of nitrogens with two attached hydrogens (primary N) is 1. The molecule has 0 aromatic rings. The van der Waals surface area contributed by atoms with Gasteiger partial charge in [0.2, 0.25) is 0 Å². The van der Waals surface area contributed by atoms with Crippen LogP contribution in [-0.4, -0.2) is 44.3 Å². The van der Waals surface area contributed by atoms with Crippen molar-refractivity contribution >= 4 is 0 Å². The van der Waals surface area contributed by atoms with Crippen LogP contribution in [0, 0.1) is 5.92 Å². The maximum Gasteiger partial charge on any atom is 0.0503 e. The van der Waals surface area contributed by atoms with Gasteiger partial charge < -0.3 is 15.4 Å². The quantitative estimate of drug-likeness (QED) is 0.697. The van der Waals surface area contributed by atoms with Gasteiger partial charge in [-0.3, -0.25) is 0 Å². The Labute approximate surface area is 87.6 Å². The lowest BCUT2D eigenvalue weighted by atomic mass is 10.1. The van der Waals surface area contributed by atoms with E-state index in [-0.39, 0.29) is 0 Å². The fourth-order valence-corrected chi connectivity index (χ4v) is 2.23. The minimum atomic E-state index is 0.695. The van der Waals surface area contributed by atoms with E-state index < -0.39 is 0 Å². The van der Waals surface area contributed by atoms with Crippen LogP contribution in [0.5, 0.6) is 0 Å². The Hall–Kier alpha value is -0.120. The van der Waals surface area contributed by atoms with Crippen molar-refractivity contribution in [1.29, 1.82) is 0 Å². The van der Waals surface area contributed by atoms with Gasteiger partial charge in [0.25, 0.3) is 0 Å². The second-order valence-electron chi connectivity index (χ2n) is 4.38. The molecular formula is C11H24N2O. The van der Waals surface area contributed by atoms with Crippen molar-refractivity contribution in [3.8, 4) is 0 Å². The van der Waals surface area contributed by atoms with Gasteiger partial charge in [0.05, 0.1) is 6.61 Å². The molecular weight excluding hydrogens is 176 g/mol. The summed E-state index contributed by atoms with van der Waals surface area (Å²) in [6, 6.07) is 0.695. The number of hydrogen-bond acceptors (Lipinski definition) is 3. The predicted molar refractivity (Wildman–Crippen MR) is 59.3 cm³/mol. The third kappa shape index (κ3) is 3.56. The molecule has 0 saturated carbocycles. The lowest BCUT2D eigenvalue weighted by molar-refractivity contribution is 0.147. The van der Waals surface area contributed by atoms with Crippen molar-refractivity contribution < 1.29 is 4.74 Å². The van der Waals surface area contributed by atoms with Crippen LogP contribution in [0.15, 0.2) is 0 Å². The van der Waals surface area contributed by atoms with Gasteiger partial charge >= 0.3 is 0 Å². The van der Waals surface area contributed by atoms with Gasteiger partial charge in [-0.1, -0.05) is 0 Å². The Morgan fingerprint density at radius 1 is 1.57 bits per heavy atom. The van der Waals surface area contributed by atoms with Gasteiger partial charge in [-0.25, -0.2) is 0 Å². The third-order valence-corrected chi connectivity index (χ3v) is 3.17. The standard InChI is InChI=1S/C11H24N2O/c1-10(4-3-6-12)13-7-5-11(8-13)9-14-2/h10-11H,3-9,12H2,1-2H3. The molecule has 0 radical (unpaired) electrons. The summed E-state index contributed by atoms with van der Waals surface area (Å²) in [5.41, 5.74) is 5.51. The van der Waals surface area contributed by atoms with E-state index in [2.05, 4.69) is 11.8 Å².